The molecule has 0 radical (unpaired) electrons. The summed E-state index contributed by atoms with van der Waals surface area (Å²) in [6, 6.07) is -0.203. The number of nitrogens with zero attached hydrogens (tertiary/aromatic N) is 7. The van der Waals surface area contributed by atoms with Crippen molar-refractivity contribution >= 4 is 40.6 Å². The number of carbonyl (C=O) groups excluding carboxylic acids is 1. The van der Waals surface area contributed by atoms with Crippen LogP contribution >= 0.6 is 0 Å². The summed E-state index contributed by atoms with van der Waals surface area (Å²) in [6.45, 7) is 4.87. The van der Waals surface area contributed by atoms with Gasteiger partial charge in [0.25, 0.3) is 0 Å². The molecule has 3 N–H and O–H groups in total. The van der Waals surface area contributed by atoms with E-state index < -0.39 is 12.7 Å². The van der Waals surface area contributed by atoms with E-state index in [0.717, 1.165) is 17.0 Å². The number of rotatable bonds is 5. The van der Waals surface area contributed by atoms with Crippen molar-refractivity contribution in [3.8, 4) is 0 Å². The van der Waals surface area contributed by atoms with Crippen LogP contribution in [0, 0.1) is 5.41 Å². The number of allylic oxidation sites excluding steroid dienone is 1. The molecule has 0 aliphatic carbocycles. The molecule has 0 bridgehead atoms. The average Bonchev–Trinajstić information content (AvgIpc) is 3.16. The second-order valence-corrected chi connectivity index (χ2v) is 8.53. The van der Waals surface area contributed by atoms with Crippen molar-refractivity contribution in [1.82, 2.24) is 24.4 Å². The number of fused-ring (bicyclic) bond motifs is 1. The first kappa shape index (κ1) is 24.7. The summed E-state index contributed by atoms with van der Waals surface area (Å²) < 4.78 is 47.6. The number of aromatic nitrogens is 4. The van der Waals surface area contributed by atoms with Gasteiger partial charge in [-0.15, -0.1) is 0 Å². The molecular formula is C21H28F3N9O2. The number of ether oxygens (including phenoxy) is 1. The number of imidazole rings is 1. The molecule has 2 aromatic rings. The molecule has 4 rings (SSSR count). The summed E-state index contributed by atoms with van der Waals surface area (Å²) in [6.07, 6.45) is -2.43. The lowest BCUT2D eigenvalue weighted by molar-refractivity contribution is -0.139. The van der Waals surface area contributed by atoms with Gasteiger partial charge in [0.15, 0.2) is 22.8 Å². The van der Waals surface area contributed by atoms with E-state index in [-0.39, 0.29) is 40.5 Å². The fourth-order valence-electron chi connectivity index (χ4n) is 4.46. The minimum atomic E-state index is -4.53. The van der Waals surface area contributed by atoms with Crippen LogP contribution in [-0.2, 0) is 16.1 Å². The number of nitrogens with two attached hydrogens (primary N) is 1. The number of amides is 1. The molecular weight excluding hydrogens is 467 g/mol. The van der Waals surface area contributed by atoms with E-state index in [1.165, 1.54) is 6.92 Å². The Labute approximate surface area is 199 Å². The SMILES string of the molecule is CC(=O)N1CCN(c2nc3c(N4CCOCC4)nc(/C(C=N)=C/N)nc3n2CC(F)(F)F)C[C@H]1C. The zero-order valence-corrected chi connectivity index (χ0v) is 19.5. The molecule has 2 aliphatic heterocycles. The fraction of sp³-hybridized carbons (Fsp3) is 0.571. The number of piperazine rings is 1. The van der Waals surface area contributed by atoms with Gasteiger partial charge >= 0.3 is 6.18 Å². The summed E-state index contributed by atoms with van der Waals surface area (Å²) >= 11 is 0. The molecule has 0 spiro atoms. The molecule has 1 amide bonds. The molecule has 35 heavy (non-hydrogen) atoms. The van der Waals surface area contributed by atoms with E-state index in [2.05, 4.69) is 15.0 Å². The Bertz CT molecular complexity index is 1140. The van der Waals surface area contributed by atoms with Gasteiger partial charge in [0.2, 0.25) is 11.9 Å². The van der Waals surface area contributed by atoms with Crippen molar-refractivity contribution in [1.29, 1.82) is 5.41 Å². The van der Waals surface area contributed by atoms with E-state index in [1.54, 1.807) is 9.80 Å². The van der Waals surface area contributed by atoms with Crippen molar-refractivity contribution in [3.05, 3.63) is 12.0 Å². The Morgan fingerprint density at radius 3 is 2.46 bits per heavy atom. The zero-order chi connectivity index (χ0) is 25.3. The van der Waals surface area contributed by atoms with Crippen LogP contribution in [0.3, 0.4) is 0 Å². The largest absolute Gasteiger partial charge is 0.406 e. The summed E-state index contributed by atoms with van der Waals surface area (Å²) in [5.74, 6) is 0.438. The number of hydrogen-bond acceptors (Lipinski definition) is 9. The second kappa shape index (κ2) is 9.68. The Balaban J connectivity index is 1.90. The molecule has 190 valence electrons. The molecule has 11 nitrogen and oxygen atoms in total. The molecule has 2 saturated heterocycles. The van der Waals surface area contributed by atoms with Crippen molar-refractivity contribution in [2.24, 2.45) is 5.73 Å². The first-order chi connectivity index (χ1) is 16.6. The summed E-state index contributed by atoms with van der Waals surface area (Å²) in [7, 11) is 0. The monoisotopic (exact) mass is 495 g/mol. The first-order valence-corrected chi connectivity index (χ1v) is 11.3. The highest BCUT2D eigenvalue weighted by molar-refractivity contribution is 6.07. The van der Waals surface area contributed by atoms with E-state index in [1.807, 2.05) is 11.8 Å². The number of carbonyl (C=O) groups is 1. The Morgan fingerprint density at radius 1 is 1.17 bits per heavy atom. The summed E-state index contributed by atoms with van der Waals surface area (Å²) in [5.41, 5.74) is 6.05. The quantitative estimate of drug-likeness (QED) is 0.593. The normalized spacial score (nSPS) is 20.0. The van der Waals surface area contributed by atoms with Crippen LogP contribution in [-0.4, -0.2) is 94.7 Å². The molecule has 0 unspecified atom stereocenters. The van der Waals surface area contributed by atoms with Crippen molar-refractivity contribution in [3.63, 3.8) is 0 Å². The van der Waals surface area contributed by atoms with Crippen LogP contribution in [0.2, 0.25) is 0 Å². The number of hydrogen-bond donors (Lipinski definition) is 2. The van der Waals surface area contributed by atoms with Gasteiger partial charge in [0.05, 0.1) is 18.8 Å². The molecule has 2 fully saturated rings. The number of anilines is 2. The topological polar surface area (TPSA) is 129 Å². The van der Waals surface area contributed by atoms with Crippen molar-refractivity contribution in [2.75, 3.05) is 55.7 Å². The third-order valence-electron chi connectivity index (χ3n) is 6.11. The zero-order valence-electron chi connectivity index (χ0n) is 19.5. The Morgan fingerprint density at radius 2 is 1.89 bits per heavy atom. The molecule has 0 aromatic carbocycles. The molecule has 14 heteroatoms. The van der Waals surface area contributed by atoms with Crippen molar-refractivity contribution in [2.45, 2.75) is 32.6 Å². The minimum Gasteiger partial charge on any atom is -0.404 e. The number of alkyl halides is 3. The standard InChI is InChI=1S/C21H28F3N9O2/c1-13-11-31(3-4-32(13)14(2)34)20-27-16-18(30-5-7-35-8-6-30)28-17(15(9-25)10-26)29-19(16)33(20)12-21(22,23)24/h9-10,13,25H,3-8,11-12,26H2,1-2H3/b15-10+,25-9?/t13-/m1/s1. The molecule has 1 atom stereocenters. The Hall–Kier alpha value is -3.42. The lowest BCUT2D eigenvalue weighted by atomic mass is 10.2. The molecule has 0 saturated carbocycles. The Kier molecular flexibility index (Phi) is 6.83. The first-order valence-electron chi connectivity index (χ1n) is 11.3. The predicted molar refractivity (Wildman–Crippen MR) is 124 cm³/mol. The van der Waals surface area contributed by atoms with Gasteiger partial charge in [-0.3, -0.25) is 9.36 Å². The maximum Gasteiger partial charge on any atom is 0.406 e. The summed E-state index contributed by atoms with van der Waals surface area (Å²) in [4.78, 5) is 30.8. The van der Waals surface area contributed by atoms with Gasteiger partial charge in [0.1, 0.15) is 6.54 Å². The van der Waals surface area contributed by atoms with Gasteiger partial charge in [-0.25, -0.2) is 15.0 Å². The highest BCUT2D eigenvalue weighted by atomic mass is 19.4. The van der Waals surface area contributed by atoms with Crippen LogP contribution in [0.4, 0.5) is 24.9 Å². The van der Waals surface area contributed by atoms with E-state index in [9.17, 15) is 18.0 Å². The molecule has 4 heterocycles. The third kappa shape index (κ3) is 5.01. The van der Waals surface area contributed by atoms with E-state index in [0.29, 0.717) is 51.8 Å². The van der Waals surface area contributed by atoms with Gasteiger partial charge in [-0.05, 0) is 6.92 Å². The molecule has 2 aromatic heterocycles. The highest BCUT2D eigenvalue weighted by Gasteiger charge is 2.35. The van der Waals surface area contributed by atoms with Gasteiger partial charge in [0, 0.05) is 58.1 Å². The smallest absolute Gasteiger partial charge is 0.404 e. The van der Waals surface area contributed by atoms with Gasteiger partial charge < -0.3 is 30.6 Å². The second-order valence-electron chi connectivity index (χ2n) is 8.53. The third-order valence-corrected chi connectivity index (χ3v) is 6.11. The predicted octanol–water partition coefficient (Wildman–Crippen LogP) is 1.23. The van der Waals surface area contributed by atoms with Crippen LogP contribution in [0.25, 0.3) is 16.7 Å². The lowest BCUT2D eigenvalue weighted by Crippen LogP contribution is -2.54. The maximum atomic E-state index is 13.7. The van der Waals surface area contributed by atoms with Crippen molar-refractivity contribution < 1.29 is 22.7 Å². The fourth-order valence-corrected chi connectivity index (χ4v) is 4.46. The maximum absolute atomic E-state index is 13.7. The lowest BCUT2D eigenvalue weighted by Gasteiger charge is -2.40. The van der Waals surface area contributed by atoms with Gasteiger partial charge in [-0.2, -0.15) is 13.2 Å². The average molecular weight is 496 g/mol. The van der Waals surface area contributed by atoms with Crippen LogP contribution < -0.4 is 15.5 Å². The molecule has 2 aliphatic rings. The highest BCUT2D eigenvalue weighted by Crippen LogP contribution is 2.33. The summed E-state index contributed by atoms with van der Waals surface area (Å²) in [5, 5.41) is 7.63. The van der Waals surface area contributed by atoms with Crippen LogP contribution in [0.5, 0.6) is 0 Å². The van der Waals surface area contributed by atoms with Crippen LogP contribution in [0.1, 0.15) is 19.7 Å². The minimum absolute atomic E-state index is 0.00617. The van der Waals surface area contributed by atoms with E-state index >= 15 is 0 Å². The number of morpholine rings is 1. The van der Waals surface area contributed by atoms with Gasteiger partial charge in [-0.1, -0.05) is 0 Å². The number of nitrogens with one attached hydrogen (secondary N) is 1. The number of halogens is 3. The van der Waals surface area contributed by atoms with Crippen LogP contribution in [0.15, 0.2) is 6.20 Å². The van der Waals surface area contributed by atoms with E-state index in [4.69, 9.17) is 15.9 Å².